The van der Waals surface area contributed by atoms with Crippen LogP contribution < -0.4 is 4.90 Å². The zero-order valence-electron chi connectivity index (χ0n) is 10.3. The Balaban J connectivity index is 2.24. The summed E-state index contributed by atoms with van der Waals surface area (Å²) >= 11 is 3.42. The number of aryl methyl sites for hydroxylation is 1. The molecule has 0 fully saturated rings. The van der Waals surface area contributed by atoms with Crippen molar-refractivity contribution >= 4 is 21.6 Å². The Morgan fingerprint density at radius 1 is 1.39 bits per heavy atom. The molecule has 92 valence electrons. The van der Waals surface area contributed by atoms with Crippen molar-refractivity contribution < 1.29 is 4.42 Å². The van der Waals surface area contributed by atoms with Crippen LogP contribution in [-0.2, 0) is 6.54 Å². The number of nitriles is 1. The second kappa shape index (κ2) is 5.28. The van der Waals surface area contributed by atoms with Crippen LogP contribution in [0, 0.1) is 18.3 Å². The first-order valence-electron chi connectivity index (χ1n) is 5.55. The molecule has 1 aromatic heterocycles. The van der Waals surface area contributed by atoms with Gasteiger partial charge in [-0.1, -0.05) is 15.9 Å². The van der Waals surface area contributed by atoms with Gasteiger partial charge in [-0.05, 0) is 31.2 Å². The molecule has 0 radical (unpaired) electrons. The molecule has 0 aliphatic rings. The number of hydrogen-bond donors (Lipinski definition) is 0. The Labute approximate surface area is 115 Å². The third-order valence-electron chi connectivity index (χ3n) is 2.83. The Hall–Kier alpha value is -1.73. The molecule has 0 unspecified atom stereocenters. The number of nitrogens with zero attached hydrogens (tertiary/aromatic N) is 2. The molecule has 0 saturated carbocycles. The number of hydrogen-bond acceptors (Lipinski definition) is 3. The maximum absolute atomic E-state index is 8.96. The van der Waals surface area contributed by atoms with Gasteiger partial charge in [-0.2, -0.15) is 5.26 Å². The van der Waals surface area contributed by atoms with E-state index in [2.05, 4.69) is 26.9 Å². The van der Waals surface area contributed by atoms with E-state index in [0.29, 0.717) is 5.56 Å². The molecule has 1 aromatic carbocycles. The van der Waals surface area contributed by atoms with Gasteiger partial charge in [0, 0.05) is 29.3 Å². The maximum atomic E-state index is 8.96. The molecule has 1 heterocycles. The molecule has 0 aliphatic heterocycles. The van der Waals surface area contributed by atoms with Crippen molar-refractivity contribution in [3.63, 3.8) is 0 Å². The van der Waals surface area contributed by atoms with Crippen LogP contribution in [0.3, 0.4) is 0 Å². The second-order valence-corrected chi connectivity index (χ2v) is 5.08. The summed E-state index contributed by atoms with van der Waals surface area (Å²) in [5.41, 5.74) is 2.80. The summed E-state index contributed by atoms with van der Waals surface area (Å²) in [5, 5.41) is 8.96. The fourth-order valence-electron chi connectivity index (χ4n) is 1.78. The van der Waals surface area contributed by atoms with Crippen molar-refractivity contribution in [1.29, 1.82) is 5.26 Å². The Kier molecular flexibility index (Phi) is 3.73. The van der Waals surface area contributed by atoms with Crippen molar-refractivity contribution in [3.05, 3.63) is 51.9 Å². The summed E-state index contributed by atoms with van der Waals surface area (Å²) in [7, 11) is 2.00. The van der Waals surface area contributed by atoms with Crippen LogP contribution in [-0.4, -0.2) is 7.05 Å². The molecule has 0 N–H and O–H groups in total. The predicted octanol–water partition coefficient (Wildman–Crippen LogP) is 3.86. The summed E-state index contributed by atoms with van der Waals surface area (Å²) in [6, 6.07) is 9.80. The molecule has 4 heteroatoms. The Bertz CT molecular complexity index is 598. The SMILES string of the molecule is Cc1occc1CN(C)c1cc(Br)cc(C#N)c1. The molecule has 0 saturated heterocycles. The molecule has 0 atom stereocenters. The van der Waals surface area contributed by atoms with Crippen LogP contribution in [0.5, 0.6) is 0 Å². The van der Waals surface area contributed by atoms with Crippen molar-refractivity contribution in [1.82, 2.24) is 0 Å². The van der Waals surface area contributed by atoms with Gasteiger partial charge in [-0.3, -0.25) is 0 Å². The number of benzene rings is 1. The Morgan fingerprint density at radius 2 is 2.17 bits per heavy atom. The lowest BCUT2D eigenvalue weighted by Gasteiger charge is -2.19. The van der Waals surface area contributed by atoms with Crippen LogP contribution in [0.15, 0.2) is 39.4 Å². The number of anilines is 1. The summed E-state index contributed by atoms with van der Waals surface area (Å²) in [6.07, 6.45) is 1.69. The highest BCUT2D eigenvalue weighted by Crippen LogP contribution is 2.23. The molecule has 0 aliphatic carbocycles. The van der Waals surface area contributed by atoms with Crippen LogP contribution in [0.4, 0.5) is 5.69 Å². The van der Waals surface area contributed by atoms with Gasteiger partial charge < -0.3 is 9.32 Å². The molecule has 0 bridgehead atoms. The number of halogens is 1. The van der Waals surface area contributed by atoms with E-state index in [4.69, 9.17) is 9.68 Å². The minimum atomic E-state index is 0.648. The zero-order valence-corrected chi connectivity index (χ0v) is 11.9. The average Bonchev–Trinajstić information content (AvgIpc) is 2.74. The van der Waals surface area contributed by atoms with E-state index in [-0.39, 0.29) is 0 Å². The normalized spacial score (nSPS) is 10.1. The lowest BCUT2D eigenvalue weighted by atomic mass is 10.2. The van der Waals surface area contributed by atoms with Crippen LogP contribution >= 0.6 is 15.9 Å². The van der Waals surface area contributed by atoms with Gasteiger partial charge in [0.1, 0.15) is 5.76 Å². The standard InChI is InChI=1S/C14H13BrN2O/c1-10-12(3-4-18-10)9-17(2)14-6-11(8-16)5-13(15)7-14/h3-7H,9H2,1-2H3. The molecule has 2 aromatic rings. The smallest absolute Gasteiger partial charge is 0.105 e. The molecular formula is C14H13BrN2O. The molecule has 18 heavy (non-hydrogen) atoms. The lowest BCUT2D eigenvalue weighted by molar-refractivity contribution is 0.529. The van der Waals surface area contributed by atoms with E-state index >= 15 is 0 Å². The van der Waals surface area contributed by atoms with Gasteiger partial charge in [0.15, 0.2) is 0 Å². The highest BCUT2D eigenvalue weighted by molar-refractivity contribution is 9.10. The molecule has 0 amide bonds. The van der Waals surface area contributed by atoms with E-state index in [1.54, 1.807) is 12.3 Å². The third kappa shape index (κ3) is 2.74. The van der Waals surface area contributed by atoms with Crippen molar-refractivity contribution in [2.45, 2.75) is 13.5 Å². The van der Waals surface area contributed by atoms with Crippen LogP contribution in [0.2, 0.25) is 0 Å². The molecular weight excluding hydrogens is 292 g/mol. The van der Waals surface area contributed by atoms with Gasteiger partial charge in [-0.25, -0.2) is 0 Å². The number of furan rings is 1. The highest BCUT2D eigenvalue weighted by Gasteiger charge is 2.08. The largest absolute Gasteiger partial charge is 0.469 e. The van der Waals surface area contributed by atoms with E-state index < -0.39 is 0 Å². The fourth-order valence-corrected chi connectivity index (χ4v) is 2.26. The number of rotatable bonds is 3. The highest BCUT2D eigenvalue weighted by atomic mass is 79.9. The van der Waals surface area contributed by atoms with E-state index in [0.717, 1.165) is 28.0 Å². The predicted molar refractivity (Wildman–Crippen MR) is 74.4 cm³/mol. The third-order valence-corrected chi connectivity index (χ3v) is 3.28. The minimum Gasteiger partial charge on any atom is -0.469 e. The van der Waals surface area contributed by atoms with Gasteiger partial charge in [-0.15, -0.1) is 0 Å². The molecule has 2 rings (SSSR count). The Morgan fingerprint density at radius 3 is 2.78 bits per heavy atom. The maximum Gasteiger partial charge on any atom is 0.105 e. The second-order valence-electron chi connectivity index (χ2n) is 4.17. The molecule has 3 nitrogen and oxygen atoms in total. The minimum absolute atomic E-state index is 0.648. The molecule has 0 spiro atoms. The van der Waals surface area contributed by atoms with E-state index in [9.17, 15) is 0 Å². The van der Waals surface area contributed by atoms with Crippen LogP contribution in [0.25, 0.3) is 0 Å². The van der Waals surface area contributed by atoms with E-state index in [1.807, 2.05) is 32.2 Å². The summed E-state index contributed by atoms with van der Waals surface area (Å²) < 4.78 is 6.19. The zero-order chi connectivity index (χ0) is 13.1. The van der Waals surface area contributed by atoms with Gasteiger partial charge >= 0.3 is 0 Å². The lowest BCUT2D eigenvalue weighted by Crippen LogP contribution is -2.16. The van der Waals surface area contributed by atoms with Gasteiger partial charge in [0.2, 0.25) is 0 Å². The van der Waals surface area contributed by atoms with Gasteiger partial charge in [0.25, 0.3) is 0 Å². The van der Waals surface area contributed by atoms with Crippen molar-refractivity contribution in [2.24, 2.45) is 0 Å². The monoisotopic (exact) mass is 304 g/mol. The van der Waals surface area contributed by atoms with Crippen molar-refractivity contribution in [2.75, 3.05) is 11.9 Å². The first-order chi connectivity index (χ1) is 8.60. The first kappa shape index (κ1) is 12.7. The van der Waals surface area contributed by atoms with Crippen LogP contribution in [0.1, 0.15) is 16.9 Å². The average molecular weight is 305 g/mol. The summed E-state index contributed by atoms with van der Waals surface area (Å²) in [4.78, 5) is 2.09. The summed E-state index contributed by atoms with van der Waals surface area (Å²) in [5.74, 6) is 0.928. The first-order valence-corrected chi connectivity index (χ1v) is 6.34. The van der Waals surface area contributed by atoms with Gasteiger partial charge in [0.05, 0.1) is 17.9 Å². The quantitative estimate of drug-likeness (QED) is 0.864. The fraction of sp³-hybridized carbons (Fsp3) is 0.214. The summed E-state index contributed by atoms with van der Waals surface area (Å²) in [6.45, 7) is 2.70. The van der Waals surface area contributed by atoms with E-state index in [1.165, 1.54) is 0 Å². The topological polar surface area (TPSA) is 40.2 Å². The van der Waals surface area contributed by atoms with Crippen molar-refractivity contribution in [3.8, 4) is 6.07 Å².